The molecule has 1 aliphatic heterocycles. The molecule has 0 amide bonds. The van der Waals surface area contributed by atoms with Gasteiger partial charge in [0.2, 0.25) is 0 Å². The first-order valence-electron chi connectivity index (χ1n) is 3.88. The van der Waals surface area contributed by atoms with Crippen molar-refractivity contribution in [3.8, 4) is 0 Å². The van der Waals surface area contributed by atoms with Crippen LogP contribution in [0.15, 0.2) is 0 Å². The monoisotopic (exact) mass is 160 g/mol. The van der Waals surface area contributed by atoms with E-state index in [0.29, 0.717) is 11.2 Å². The van der Waals surface area contributed by atoms with Gasteiger partial charge < -0.3 is 5.11 Å². The molecule has 0 aromatic heterocycles. The largest absolute Gasteiger partial charge is 0.389 e. The van der Waals surface area contributed by atoms with Crippen LogP contribution in [-0.2, 0) is 0 Å². The van der Waals surface area contributed by atoms with Gasteiger partial charge in [-0.15, -0.1) is 0 Å². The summed E-state index contributed by atoms with van der Waals surface area (Å²) in [7, 11) is 0. The summed E-state index contributed by atoms with van der Waals surface area (Å²) < 4.78 is 0. The zero-order valence-electron chi connectivity index (χ0n) is 6.92. The van der Waals surface area contributed by atoms with Crippen LogP contribution in [0, 0.1) is 5.92 Å². The van der Waals surface area contributed by atoms with Crippen molar-refractivity contribution in [3.63, 3.8) is 0 Å². The fourth-order valence-electron chi connectivity index (χ4n) is 1.62. The van der Waals surface area contributed by atoms with Crippen molar-refractivity contribution in [2.45, 2.75) is 38.0 Å². The van der Waals surface area contributed by atoms with Gasteiger partial charge in [0.05, 0.1) is 5.60 Å². The normalized spacial score (nSPS) is 41.1. The molecule has 60 valence electrons. The third-order valence-electron chi connectivity index (χ3n) is 2.12. The first-order valence-corrected chi connectivity index (χ1v) is 4.93. The number of thioether (sulfide) groups is 1. The van der Waals surface area contributed by atoms with Crippen molar-refractivity contribution < 1.29 is 5.11 Å². The van der Waals surface area contributed by atoms with Crippen LogP contribution in [0.25, 0.3) is 0 Å². The van der Waals surface area contributed by atoms with Crippen molar-refractivity contribution in [1.29, 1.82) is 0 Å². The maximum atomic E-state index is 9.80. The molecule has 1 N–H and O–H groups in total. The first-order chi connectivity index (χ1) is 4.54. The van der Waals surface area contributed by atoms with Crippen molar-refractivity contribution >= 4 is 11.8 Å². The summed E-state index contributed by atoms with van der Waals surface area (Å²) in [4.78, 5) is 0. The van der Waals surface area contributed by atoms with Gasteiger partial charge in [0, 0.05) is 5.25 Å². The van der Waals surface area contributed by atoms with Crippen LogP contribution >= 0.6 is 11.8 Å². The first kappa shape index (κ1) is 8.41. The van der Waals surface area contributed by atoms with Gasteiger partial charge in [-0.05, 0) is 25.0 Å². The highest BCUT2D eigenvalue weighted by atomic mass is 32.2. The van der Waals surface area contributed by atoms with E-state index in [-0.39, 0.29) is 0 Å². The molecule has 1 aliphatic rings. The van der Waals surface area contributed by atoms with Gasteiger partial charge in [0.15, 0.2) is 0 Å². The van der Waals surface area contributed by atoms with Gasteiger partial charge in [-0.1, -0.05) is 13.8 Å². The topological polar surface area (TPSA) is 20.2 Å². The highest BCUT2D eigenvalue weighted by Gasteiger charge is 2.38. The minimum Gasteiger partial charge on any atom is -0.389 e. The van der Waals surface area contributed by atoms with Crippen molar-refractivity contribution in [1.82, 2.24) is 0 Å². The SMILES string of the molecule is CC(C)C1SCCC1(C)O. The van der Waals surface area contributed by atoms with E-state index in [1.807, 2.05) is 18.7 Å². The molecule has 1 heterocycles. The van der Waals surface area contributed by atoms with E-state index in [0.717, 1.165) is 12.2 Å². The minimum atomic E-state index is -0.404. The summed E-state index contributed by atoms with van der Waals surface area (Å²) in [6.07, 6.45) is 0.959. The molecule has 1 rings (SSSR count). The second-order valence-electron chi connectivity index (χ2n) is 3.64. The molecule has 0 spiro atoms. The smallest absolute Gasteiger partial charge is 0.0748 e. The molecular weight excluding hydrogens is 144 g/mol. The molecule has 0 saturated carbocycles. The van der Waals surface area contributed by atoms with Crippen LogP contribution in [0.5, 0.6) is 0 Å². The van der Waals surface area contributed by atoms with E-state index < -0.39 is 5.60 Å². The summed E-state index contributed by atoms with van der Waals surface area (Å²) in [6, 6.07) is 0. The predicted octanol–water partition coefficient (Wildman–Crippen LogP) is 1.90. The Bertz CT molecular complexity index is 120. The van der Waals surface area contributed by atoms with E-state index in [1.54, 1.807) is 0 Å². The van der Waals surface area contributed by atoms with Crippen LogP contribution in [-0.4, -0.2) is 21.7 Å². The van der Waals surface area contributed by atoms with Crippen LogP contribution in [0.1, 0.15) is 27.2 Å². The standard InChI is InChI=1S/C8H16OS/c1-6(2)7-8(3,9)4-5-10-7/h6-7,9H,4-5H2,1-3H3. The quantitative estimate of drug-likeness (QED) is 0.632. The van der Waals surface area contributed by atoms with Gasteiger partial charge in [-0.25, -0.2) is 0 Å². The number of rotatable bonds is 1. The Morgan fingerprint density at radius 1 is 1.60 bits per heavy atom. The Morgan fingerprint density at radius 2 is 2.20 bits per heavy atom. The van der Waals surface area contributed by atoms with Crippen molar-refractivity contribution in [2.75, 3.05) is 5.75 Å². The zero-order chi connectivity index (χ0) is 7.78. The van der Waals surface area contributed by atoms with E-state index in [9.17, 15) is 5.11 Å². The average molecular weight is 160 g/mol. The molecule has 0 aliphatic carbocycles. The predicted molar refractivity (Wildman–Crippen MR) is 46.3 cm³/mol. The fraction of sp³-hybridized carbons (Fsp3) is 1.00. The Labute approximate surface area is 67.2 Å². The van der Waals surface area contributed by atoms with Gasteiger partial charge in [-0.3, -0.25) is 0 Å². The Kier molecular flexibility index (Phi) is 2.31. The van der Waals surface area contributed by atoms with Gasteiger partial charge in [-0.2, -0.15) is 11.8 Å². The highest BCUT2D eigenvalue weighted by molar-refractivity contribution is 8.00. The van der Waals surface area contributed by atoms with Crippen LogP contribution in [0.2, 0.25) is 0 Å². The van der Waals surface area contributed by atoms with Gasteiger partial charge in [0.1, 0.15) is 0 Å². The lowest BCUT2D eigenvalue weighted by Gasteiger charge is -2.27. The van der Waals surface area contributed by atoms with E-state index in [1.165, 1.54) is 0 Å². The lowest BCUT2D eigenvalue weighted by Crippen LogP contribution is -2.35. The fourth-order valence-corrected chi connectivity index (χ4v) is 3.27. The Morgan fingerprint density at radius 3 is 2.40 bits per heavy atom. The van der Waals surface area contributed by atoms with E-state index >= 15 is 0 Å². The van der Waals surface area contributed by atoms with Crippen LogP contribution in [0.3, 0.4) is 0 Å². The van der Waals surface area contributed by atoms with Crippen LogP contribution in [0.4, 0.5) is 0 Å². The molecule has 0 radical (unpaired) electrons. The maximum absolute atomic E-state index is 9.80. The summed E-state index contributed by atoms with van der Waals surface area (Å²) >= 11 is 1.91. The summed E-state index contributed by atoms with van der Waals surface area (Å²) in [5.74, 6) is 1.72. The third-order valence-corrected chi connectivity index (χ3v) is 3.98. The van der Waals surface area contributed by atoms with E-state index in [2.05, 4.69) is 13.8 Å². The lowest BCUT2D eigenvalue weighted by atomic mass is 9.92. The maximum Gasteiger partial charge on any atom is 0.0748 e. The number of hydrogen-bond acceptors (Lipinski definition) is 2. The number of hydrogen-bond donors (Lipinski definition) is 1. The molecule has 1 nitrogen and oxygen atoms in total. The molecule has 2 unspecified atom stereocenters. The van der Waals surface area contributed by atoms with Crippen LogP contribution < -0.4 is 0 Å². The second-order valence-corrected chi connectivity index (χ2v) is 4.89. The third kappa shape index (κ3) is 1.48. The summed E-state index contributed by atoms with van der Waals surface area (Å²) in [5.41, 5.74) is -0.404. The molecule has 0 bridgehead atoms. The molecule has 2 atom stereocenters. The Hall–Kier alpha value is 0.310. The highest BCUT2D eigenvalue weighted by Crippen LogP contribution is 2.39. The summed E-state index contributed by atoms with van der Waals surface area (Å²) in [6.45, 7) is 6.31. The molecule has 1 saturated heterocycles. The number of aliphatic hydroxyl groups is 1. The van der Waals surface area contributed by atoms with Crippen molar-refractivity contribution in [3.05, 3.63) is 0 Å². The second kappa shape index (κ2) is 2.74. The molecule has 2 heteroatoms. The van der Waals surface area contributed by atoms with Gasteiger partial charge >= 0.3 is 0 Å². The van der Waals surface area contributed by atoms with Crippen molar-refractivity contribution in [2.24, 2.45) is 5.92 Å². The molecule has 1 fully saturated rings. The average Bonchev–Trinajstić information content (AvgIpc) is 2.08. The zero-order valence-corrected chi connectivity index (χ0v) is 7.74. The Balaban J connectivity index is 2.59. The molecule has 0 aromatic carbocycles. The van der Waals surface area contributed by atoms with E-state index in [4.69, 9.17) is 0 Å². The molecular formula is C8H16OS. The molecule has 10 heavy (non-hydrogen) atoms. The molecule has 0 aromatic rings. The lowest BCUT2D eigenvalue weighted by molar-refractivity contribution is 0.0504. The minimum absolute atomic E-state index is 0.404. The summed E-state index contributed by atoms with van der Waals surface area (Å²) in [5, 5.41) is 10.3. The van der Waals surface area contributed by atoms with Gasteiger partial charge in [0.25, 0.3) is 0 Å².